The van der Waals surface area contributed by atoms with Crippen molar-refractivity contribution >= 4 is 38.6 Å². The molecule has 7 rings (SSSR count). The van der Waals surface area contributed by atoms with Crippen molar-refractivity contribution in [2.45, 2.75) is 63.8 Å². The molecule has 1 N–H and O–H groups in total. The first kappa shape index (κ1) is 29.3. The quantitative estimate of drug-likeness (QED) is 0.206. The summed E-state index contributed by atoms with van der Waals surface area (Å²) in [5, 5.41) is 19.6. The van der Waals surface area contributed by atoms with E-state index in [4.69, 9.17) is 19.4 Å². The number of thiazole rings is 1. The van der Waals surface area contributed by atoms with Crippen molar-refractivity contribution in [3.63, 3.8) is 0 Å². The topological polar surface area (TPSA) is 126 Å². The van der Waals surface area contributed by atoms with E-state index in [0.29, 0.717) is 37.1 Å². The van der Waals surface area contributed by atoms with Gasteiger partial charge in [-0.05, 0) is 81.2 Å². The van der Waals surface area contributed by atoms with Gasteiger partial charge in [0.05, 0.1) is 57.6 Å². The summed E-state index contributed by atoms with van der Waals surface area (Å²) in [6.45, 7) is 4.39. The number of fused-ring (bicyclic) bond motifs is 2. The number of hydrogen-bond donors (Lipinski definition) is 1. The first-order valence-electron chi connectivity index (χ1n) is 15.5. The van der Waals surface area contributed by atoms with Gasteiger partial charge in [-0.25, -0.2) is 19.7 Å². The molecule has 11 heteroatoms. The predicted molar refractivity (Wildman–Crippen MR) is 170 cm³/mol. The molecule has 2 fully saturated rings. The summed E-state index contributed by atoms with van der Waals surface area (Å²) in [7, 11) is 0. The van der Waals surface area contributed by atoms with Crippen LogP contribution in [0.4, 0.5) is 0 Å². The lowest BCUT2D eigenvalue weighted by Crippen LogP contribution is -2.33. The van der Waals surface area contributed by atoms with Gasteiger partial charge >= 0.3 is 5.97 Å². The zero-order chi connectivity index (χ0) is 30.8. The van der Waals surface area contributed by atoms with E-state index in [-0.39, 0.29) is 11.7 Å². The molecule has 45 heavy (non-hydrogen) atoms. The first-order valence-corrected chi connectivity index (χ1v) is 16.3. The number of imidazole rings is 1. The van der Waals surface area contributed by atoms with Crippen LogP contribution in [0.15, 0.2) is 54.6 Å². The molecule has 10 nitrogen and oxygen atoms in total. The summed E-state index contributed by atoms with van der Waals surface area (Å²) in [6.07, 6.45) is 5.40. The van der Waals surface area contributed by atoms with E-state index in [1.807, 2.05) is 30.3 Å². The van der Waals surface area contributed by atoms with E-state index < -0.39 is 5.97 Å². The molecule has 2 aliphatic heterocycles. The van der Waals surface area contributed by atoms with Crippen LogP contribution < -0.4 is 4.74 Å². The minimum atomic E-state index is -0.934. The number of nitriles is 1. The van der Waals surface area contributed by atoms with Gasteiger partial charge in [0.25, 0.3) is 0 Å². The predicted octanol–water partition coefficient (Wildman–Crippen LogP) is 6.14. The Morgan fingerprint density at radius 3 is 2.76 bits per heavy atom. The molecule has 2 atom stereocenters. The van der Waals surface area contributed by atoms with Crippen LogP contribution in [-0.2, 0) is 24.4 Å². The normalized spacial score (nSPS) is 19.1. The van der Waals surface area contributed by atoms with E-state index >= 15 is 0 Å². The van der Waals surface area contributed by atoms with Crippen molar-refractivity contribution in [2.24, 2.45) is 0 Å². The second kappa shape index (κ2) is 12.9. The summed E-state index contributed by atoms with van der Waals surface area (Å²) in [6, 6.07) is 18.9. The van der Waals surface area contributed by atoms with Crippen LogP contribution in [0.2, 0.25) is 0 Å². The van der Waals surface area contributed by atoms with Gasteiger partial charge in [0.2, 0.25) is 5.88 Å². The number of hydrogen-bond acceptors (Lipinski definition) is 9. The van der Waals surface area contributed by atoms with Gasteiger partial charge in [0.1, 0.15) is 17.4 Å². The molecular weight excluding hydrogens is 588 g/mol. The van der Waals surface area contributed by atoms with Crippen LogP contribution in [0.25, 0.3) is 21.3 Å². The number of nitrogens with zero attached hydrogens (tertiary/aromatic N) is 6. The smallest absolute Gasteiger partial charge is 0.335 e. The lowest BCUT2D eigenvalue weighted by Gasteiger charge is -2.30. The zero-order valence-corrected chi connectivity index (χ0v) is 25.7. The van der Waals surface area contributed by atoms with E-state index in [1.54, 1.807) is 18.2 Å². The summed E-state index contributed by atoms with van der Waals surface area (Å²) >= 11 is 1.54. The number of aromatic nitrogens is 4. The second-order valence-electron chi connectivity index (χ2n) is 11.8. The number of aromatic carboxylic acids is 1. The van der Waals surface area contributed by atoms with Gasteiger partial charge in [-0.2, -0.15) is 5.26 Å². The number of ether oxygens (including phenoxy) is 2. The third kappa shape index (κ3) is 6.54. The minimum Gasteiger partial charge on any atom is -0.478 e. The number of rotatable bonds is 9. The molecule has 0 aliphatic carbocycles. The van der Waals surface area contributed by atoms with Gasteiger partial charge in [0.15, 0.2) is 0 Å². The molecule has 0 amide bonds. The minimum absolute atomic E-state index is 0.137. The van der Waals surface area contributed by atoms with E-state index in [0.717, 1.165) is 89.6 Å². The SMILES string of the molecule is N#Cc1ccc2nc(COc3cccc(C4CCCCN(Cc5nc6ccc(C(=O)O)cc6n5C[C@@H]5CCO5)CC4)n3)sc2c1. The highest BCUT2D eigenvalue weighted by atomic mass is 32.1. The molecule has 2 saturated heterocycles. The fraction of sp³-hybridized carbons (Fsp3) is 0.382. The number of likely N-dealkylation sites (tertiary alicyclic amines) is 1. The molecule has 5 aromatic rings. The van der Waals surface area contributed by atoms with Crippen LogP contribution >= 0.6 is 11.3 Å². The second-order valence-corrected chi connectivity index (χ2v) is 12.9. The van der Waals surface area contributed by atoms with Crippen LogP contribution in [0.3, 0.4) is 0 Å². The van der Waals surface area contributed by atoms with Gasteiger partial charge in [-0.15, -0.1) is 11.3 Å². The average Bonchev–Trinajstić information content (AvgIpc) is 3.58. The maximum atomic E-state index is 11.7. The fourth-order valence-electron chi connectivity index (χ4n) is 6.21. The molecule has 0 saturated carbocycles. The van der Waals surface area contributed by atoms with Crippen LogP contribution in [0.1, 0.15) is 70.5 Å². The standard InChI is InChI=1S/C34H34N6O4S/c35-18-22-7-9-28-30(16-22)45-33(38-28)21-44-32-6-3-5-26(37-32)23-4-1-2-13-39(14-11-23)20-31-36-27-10-8-24(34(41)42)17-29(27)40(31)19-25-12-15-43-25/h3,5-10,16-17,23,25H,1-2,4,11-15,19-21H2,(H,41,42)/t23?,25-/m0/s1. The zero-order valence-electron chi connectivity index (χ0n) is 24.9. The Kier molecular flexibility index (Phi) is 8.43. The Balaban J connectivity index is 1.03. The molecule has 0 bridgehead atoms. The summed E-state index contributed by atoms with van der Waals surface area (Å²) < 4.78 is 15.0. The molecule has 230 valence electrons. The highest BCUT2D eigenvalue weighted by Crippen LogP contribution is 2.30. The lowest BCUT2D eigenvalue weighted by molar-refractivity contribution is -0.0592. The molecule has 2 aliphatic rings. The number of pyridine rings is 1. The van der Waals surface area contributed by atoms with Crippen molar-refractivity contribution in [2.75, 3.05) is 19.7 Å². The first-order chi connectivity index (χ1) is 22.0. The third-order valence-corrected chi connectivity index (χ3v) is 9.75. The van der Waals surface area contributed by atoms with Gasteiger partial charge < -0.3 is 19.1 Å². The van der Waals surface area contributed by atoms with Crippen molar-refractivity contribution in [1.29, 1.82) is 5.26 Å². The van der Waals surface area contributed by atoms with Gasteiger partial charge in [-0.1, -0.05) is 12.5 Å². The average molecular weight is 623 g/mol. The number of benzene rings is 2. The number of carbonyl (C=O) groups is 1. The third-order valence-electron chi connectivity index (χ3n) is 8.76. The molecule has 2 aromatic carbocycles. The fourth-order valence-corrected chi connectivity index (χ4v) is 7.13. The number of carboxylic acid groups (broad SMARTS) is 1. The van der Waals surface area contributed by atoms with Crippen molar-refractivity contribution in [3.8, 4) is 11.9 Å². The Morgan fingerprint density at radius 2 is 1.93 bits per heavy atom. The largest absolute Gasteiger partial charge is 0.478 e. The van der Waals surface area contributed by atoms with Gasteiger partial charge in [-0.3, -0.25) is 4.90 Å². The van der Waals surface area contributed by atoms with Crippen LogP contribution in [0.5, 0.6) is 5.88 Å². The summed E-state index contributed by atoms with van der Waals surface area (Å²) in [4.78, 5) is 28.6. The number of carboxylic acids is 1. The van der Waals surface area contributed by atoms with Gasteiger partial charge in [0, 0.05) is 24.3 Å². The van der Waals surface area contributed by atoms with Crippen LogP contribution in [-0.4, -0.2) is 61.3 Å². The van der Waals surface area contributed by atoms with E-state index in [9.17, 15) is 15.2 Å². The molecule has 0 spiro atoms. The molecule has 0 radical (unpaired) electrons. The molecule has 3 aromatic heterocycles. The van der Waals surface area contributed by atoms with E-state index in [1.165, 1.54) is 11.3 Å². The van der Waals surface area contributed by atoms with Crippen molar-refractivity contribution < 1.29 is 19.4 Å². The highest BCUT2D eigenvalue weighted by molar-refractivity contribution is 7.18. The summed E-state index contributed by atoms with van der Waals surface area (Å²) in [5.41, 5.74) is 4.49. The van der Waals surface area contributed by atoms with Crippen molar-refractivity contribution in [1.82, 2.24) is 24.4 Å². The van der Waals surface area contributed by atoms with E-state index in [2.05, 4.69) is 26.6 Å². The molecular formula is C34H34N6O4S. The molecule has 5 heterocycles. The molecule has 1 unspecified atom stereocenters. The highest BCUT2D eigenvalue weighted by Gasteiger charge is 2.25. The lowest BCUT2D eigenvalue weighted by atomic mass is 9.92. The Bertz CT molecular complexity index is 1890. The monoisotopic (exact) mass is 622 g/mol. The maximum absolute atomic E-state index is 11.7. The Hall–Kier alpha value is -4.37. The maximum Gasteiger partial charge on any atom is 0.335 e. The van der Waals surface area contributed by atoms with Crippen LogP contribution in [0, 0.1) is 11.3 Å². The Labute approximate surface area is 264 Å². The Morgan fingerprint density at radius 1 is 1.04 bits per heavy atom. The summed E-state index contributed by atoms with van der Waals surface area (Å²) in [5.74, 6) is 0.933. The van der Waals surface area contributed by atoms with Crippen molar-refractivity contribution in [3.05, 3.63) is 82.3 Å².